The zero-order valence-electron chi connectivity index (χ0n) is 11.8. The third kappa shape index (κ3) is 4.23. The Labute approximate surface area is 127 Å². The van der Waals surface area contributed by atoms with Crippen molar-refractivity contribution in [1.29, 1.82) is 0 Å². The predicted octanol–water partition coefficient (Wildman–Crippen LogP) is 3.02. The van der Waals surface area contributed by atoms with E-state index in [9.17, 15) is 9.59 Å². The smallest absolute Gasteiger partial charge is 0.374 e. The second-order valence-electron chi connectivity index (χ2n) is 5.07. The number of rotatable bonds is 5. The number of furan rings is 1. The lowest BCUT2D eigenvalue weighted by molar-refractivity contribution is -0.124. The van der Waals surface area contributed by atoms with Gasteiger partial charge in [-0.3, -0.25) is 4.79 Å². The summed E-state index contributed by atoms with van der Waals surface area (Å²) in [4.78, 5) is 23.3. The van der Waals surface area contributed by atoms with Gasteiger partial charge in [0.25, 0.3) is 5.91 Å². The van der Waals surface area contributed by atoms with E-state index in [-0.39, 0.29) is 18.3 Å². The Hall–Kier alpha value is -2.01. The lowest BCUT2D eigenvalue weighted by Gasteiger charge is -2.07. The number of hydrogen-bond donors (Lipinski definition) is 1. The number of hydrogen-bond acceptors (Lipinski definition) is 4. The van der Waals surface area contributed by atoms with Crippen molar-refractivity contribution in [2.24, 2.45) is 5.92 Å². The monoisotopic (exact) mass is 309 g/mol. The van der Waals surface area contributed by atoms with Crippen LogP contribution in [0.4, 0.5) is 0 Å². The number of halogens is 1. The van der Waals surface area contributed by atoms with Gasteiger partial charge < -0.3 is 14.5 Å². The van der Waals surface area contributed by atoms with Gasteiger partial charge in [0, 0.05) is 17.0 Å². The molecule has 1 aromatic carbocycles. The number of esters is 1. The lowest BCUT2D eigenvalue weighted by Crippen LogP contribution is -2.31. The molecule has 0 radical (unpaired) electrons. The van der Waals surface area contributed by atoms with Gasteiger partial charge in [-0.25, -0.2) is 4.79 Å². The van der Waals surface area contributed by atoms with Gasteiger partial charge in [0.1, 0.15) is 5.58 Å². The Morgan fingerprint density at radius 1 is 1.33 bits per heavy atom. The van der Waals surface area contributed by atoms with Gasteiger partial charge in [-0.2, -0.15) is 0 Å². The molecular weight excluding hydrogens is 294 g/mol. The first-order valence-corrected chi connectivity index (χ1v) is 6.96. The maximum atomic E-state index is 11.8. The van der Waals surface area contributed by atoms with Crippen LogP contribution in [0.1, 0.15) is 24.4 Å². The zero-order chi connectivity index (χ0) is 15.4. The van der Waals surface area contributed by atoms with Crippen LogP contribution < -0.4 is 5.32 Å². The predicted molar refractivity (Wildman–Crippen MR) is 79.4 cm³/mol. The fraction of sp³-hybridized carbons (Fsp3) is 0.333. The molecule has 0 saturated carbocycles. The summed E-state index contributed by atoms with van der Waals surface area (Å²) in [5.41, 5.74) is 0.538. The molecule has 1 aromatic heterocycles. The third-order valence-electron chi connectivity index (χ3n) is 2.72. The molecule has 0 saturated heterocycles. The first kappa shape index (κ1) is 15.4. The molecule has 0 atom stereocenters. The van der Waals surface area contributed by atoms with Crippen LogP contribution in [0.2, 0.25) is 5.02 Å². The van der Waals surface area contributed by atoms with Gasteiger partial charge >= 0.3 is 5.97 Å². The minimum absolute atomic E-state index is 0.0453. The third-order valence-corrected chi connectivity index (χ3v) is 2.96. The van der Waals surface area contributed by atoms with E-state index in [1.165, 1.54) is 6.07 Å². The maximum absolute atomic E-state index is 11.8. The number of benzene rings is 1. The van der Waals surface area contributed by atoms with Crippen molar-refractivity contribution < 1.29 is 18.7 Å². The fourth-order valence-electron chi connectivity index (χ4n) is 1.69. The molecule has 1 amide bonds. The molecule has 1 heterocycles. The van der Waals surface area contributed by atoms with E-state index < -0.39 is 5.97 Å². The molecule has 0 aliphatic carbocycles. The topological polar surface area (TPSA) is 68.5 Å². The van der Waals surface area contributed by atoms with E-state index in [0.717, 1.165) is 0 Å². The standard InChI is InChI=1S/C15H16ClNO4/c1-9(2)7-17-14(18)8-20-15(19)13-6-10-5-11(16)3-4-12(10)21-13/h3-6,9H,7-8H2,1-2H3,(H,17,18). The van der Waals surface area contributed by atoms with Gasteiger partial charge in [-0.05, 0) is 30.2 Å². The SMILES string of the molecule is CC(C)CNC(=O)COC(=O)c1cc2cc(Cl)ccc2o1. The zero-order valence-corrected chi connectivity index (χ0v) is 12.6. The Balaban J connectivity index is 1.94. The van der Waals surface area contributed by atoms with Crippen molar-refractivity contribution in [1.82, 2.24) is 5.32 Å². The molecular formula is C15H16ClNO4. The van der Waals surface area contributed by atoms with Crippen LogP contribution in [0.25, 0.3) is 11.0 Å². The summed E-state index contributed by atoms with van der Waals surface area (Å²) in [5.74, 6) is -0.632. The van der Waals surface area contributed by atoms with Crippen molar-refractivity contribution in [2.75, 3.05) is 13.2 Å². The van der Waals surface area contributed by atoms with Crippen molar-refractivity contribution in [3.63, 3.8) is 0 Å². The van der Waals surface area contributed by atoms with Gasteiger partial charge in [0.05, 0.1) is 0 Å². The first-order chi connectivity index (χ1) is 9.95. The average molecular weight is 310 g/mol. The van der Waals surface area contributed by atoms with Crippen LogP contribution in [0.3, 0.4) is 0 Å². The van der Waals surface area contributed by atoms with Gasteiger partial charge in [0.2, 0.25) is 5.76 Å². The Morgan fingerprint density at radius 3 is 2.81 bits per heavy atom. The molecule has 112 valence electrons. The minimum atomic E-state index is -0.679. The molecule has 6 heteroatoms. The van der Waals surface area contributed by atoms with Crippen LogP contribution >= 0.6 is 11.6 Å². The van der Waals surface area contributed by atoms with Crippen molar-refractivity contribution >= 4 is 34.4 Å². The summed E-state index contributed by atoms with van der Waals surface area (Å²) in [6.45, 7) is 4.17. The van der Waals surface area contributed by atoms with E-state index in [4.69, 9.17) is 20.8 Å². The molecule has 0 aliphatic rings. The van der Waals surface area contributed by atoms with E-state index in [1.54, 1.807) is 18.2 Å². The Bertz CT molecular complexity index is 663. The molecule has 2 rings (SSSR count). The summed E-state index contributed by atoms with van der Waals surface area (Å²) < 4.78 is 10.3. The van der Waals surface area contributed by atoms with Crippen LogP contribution in [-0.4, -0.2) is 25.0 Å². The molecule has 0 fully saturated rings. The highest BCUT2D eigenvalue weighted by atomic mass is 35.5. The van der Waals surface area contributed by atoms with Crippen molar-refractivity contribution in [3.05, 3.63) is 35.0 Å². The quantitative estimate of drug-likeness (QED) is 0.862. The summed E-state index contributed by atoms with van der Waals surface area (Å²) in [6, 6.07) is 6.56. The van der Waals surface area contributed by atoms with Crippen LogP contribution in [-0.2, 0) is 9.53 Å². The summed E-state index contributed by atoms with van der Waals surface area (Å²) >= 11 is 5.86. The molecule has 0 bridgehead atoms. The minimum Gasteiger partial charge on any atom is -0.450 e. The number of ether oxygens (including phenoxy) is 1. The summed E-state index contributed by atoms with van der Waals surface area (Å²) in [5, 5.41) is 3.92. The second-order valence-corrected chi connectivity index (χ2v) is 5.50. The highest BCUT2D eigenvalue weighted by Gasteiger charge is 2.15. The number of amides is 1. The second kappa shape index (κ2) is 6.63. The van der Waals surface area contributed by atoms with Crippen LogP contribution in [0, 0.1) is 5.92 Å². The Kier molecular flexibility index (Phi) is 4.85. The highest BCUT2D eigenvalue weighted by molar-refractivity contribution is 6.31. The van der Waals surface area contributed by atoms with Crippen LogP contribution in [0.15, 0.2) is 28.7 Å². The van der Waals surface area contributed by atoms with E-state index in [2.05, 4.69) is 5.32 Å². The van der Waals surface area contributed by atoms with Crippen molar-refractivity contribution in [3.8, 4) is 0 Å². The molecule has 1 N–H and O–H groups in total. The number of nitrogens with one attached hydrogen (secondary N) is 1. The Morgan fingerprint density at radius 2 is 2.10 bits per heavy atom. The number of carbonyl (C=O) groups excluding carboxylic acids is 2. The van der Waals surface area contributed by atoms with Crippen LogP contribution in [0.5, 0.6) is 0 Å². The number of carbonyl (C=O) groups is 2. The summed E-state index contributed by atoms with van der Waals surface area (Å²) in [7, 11) is 0. The van der Waals surface area contributed by atoms with E-state index in [0.29, 0.717) is 28.5 Å². The van der Waals surface area contributed by atoms with Gasteiger partial charge in [-0.15, -0.1) is 0 Å². The highest BCUT2D eigenvalue weighted by Crippen LogP contribution is 2.23. The molecule has 0 spiro atoms. The molecule has 21 heavy (non-hydrogen) atoms. The van der Waals surface area contributed by atoms with E-state index >= 15 is 0 Å². The van der Waals surface area contributed by atoms with E-state index in [1.807, 2.05) is 13.8 Å². The molecule has 2 aromatic rings. The normalized spacial score (nSPS) is 10.9. The fourth-order valence-corrected chi connectivity index (χ4v) is 1.87. The van der Waals surface area contributed by atoms with Gasteiger partial charge in [-0.1, -0.05) is 25.4 Å². The number of fused-ring (bicyclic) bond motifs is 1. The van der Waals surface area contributed by atoms with Crippen molar-refractivity contribution in [2.45, 2.75) is 13.8 Å². The maximum Gasteiger partial charge on any atom is 0.374 e. The first-order valence-electron chi connectivity index (χ1n) is 6.58. The average Bonchev–Trinajstić information content (AvgIpc) is 2.85. The van der Waals surface area contributed by atoms with Gasteiger partial charge in [0.15, 0.2) is 6.61 Å². The molecule has 0 aliphatic heterocycles. The largest absolute Gasteiger partial charge is 0.450 e. The molecule has 0 unspecified atom stereocenters. The summed E-state index contributed by atoms with van der Waals surface area (Å²) in [6.07, 6.45) is 0. The molecule has 5 nitrogen and oxygen atoms in total. The lowest BCUT2D eigenvalue weighted by atomic mass is 10.2.